The summed E-state index contributed by atoms with van der Waals surface area (Å²) in [6, 6.07) is 7.98. The van der Waals surface area contributed by atoms with Crippen LogP contribution in [0.3, 0.4) is 0 Å². The molecule has 3 heteroatoms. The molecule has 104 valence electrons. The van der Waals surface area contributed by atoms with Gasteiger partial charge in [-0.3, -0.25) is 4.79 Å². The van der Waals surface area contributed by atoms with Crippen LogP contribution in [0.5, 0.6) is 0 Å². The second kappa shape index (κ2) is 5.64. The van der Waals surface area contributed by atoms with Crippen LogP contribution in [0.25, 0.3) is 0 Å². The number of nitrogens with one attached hydrogen (secondary N) is 1. The van der Waals surface area contributed by atoms with Crippen molar-refractivity contribution in [2.45, 2.75) is 52.0 Å². The maximum absolute atomic E-state index is 11.2. The van der Waals surface area contributed by atoms with Crippen LogP contribution in [0, 0.1) is 5.41 Å². The molecule has 1 aliphatic carbocycles. The summed E-state index contributed by atoms with van der Waals surface area (Å²) in [5.41, 5.74) is 7.34. The zero-order valence-electron chi connectivity index (χ0n) is 11.9. The van der Waals surface area contributed by atoms with Gasteiger partial charge in [0.25, 0.3) is 0 Å². The van der Waals surface area contributed by atoms with Crippen LogP contribution in [-0.4, -0.2) is 11.9 Å². The Morgan fingerprint density at radius 2 is 2.11 bits per heavy atom. The van der Waals surface area contributed by atoms with Crippen molar-refractivity contribution in [3.05, 3.63) is 29.8 Å². The predicted molar refractivity (Wildman–Crippen MR) is 79.2 cm³/mol. The molecule has 19 heavy (non-hydrogen) atoms. The molecule has 1 aromatic rings. The molecule has 3 N–H and O–H groups in total. The molecular weight excluding hydrogens is 236 g/mol. The Labute approximate surface area is 115 Å². The normalized spacial score (nSPS) is 22.5. The number of nitrogens with two attached hydrogens (primary N) is 1. The molecule has 3 nitrogen and oxygen atoms in total. The quantitative estimate of drug-likeness (QED) is 0.816. The van der Waals surface area contributed by atoms with E-state index in [1.54, 1.807) is 6.07 Å². The molecular formula is C16H24N2O. The summed E-state index contributed by atoms with van der Waals surface area (Å²) in [5.74, 6) is -0.370. The molecule has 1 atom stereocenters. The number of hydrogen-bond acceptors (Lipinski definition) is 2. The summed E-state index contributed by atoms with van der Waals surface area (Å²) in [7, 11) is 0. The Hall–Kier alpha value is -1.51. The maximum atomic E-state index is 11.2. The van der Waals surface area contributed by atoms with E-state index in [9.17, 15) is 4.79 Å². The van der Waals surface area contributed by atoms with Crippen molar-refractivity contribution in [3.63, 3.8) is 0 Å². The second-order valence-corrected chi connectivity index (χ2v) is 6.38. The Bertz CT molecular complexity index is 454. The van der Waals surface area contributed by atoms with Gasteiger partial charge in [0.15, 0.2) is 0 Å². The minimum absolute atomic E-state index is 0.370. The molecule has 1 aliphatic rings. The summed E-state index contributed by atoms with van der Waals surface area (Å²) in [6.07, 6.45) is 6.20. The Kier molecular flexibility index (Phi) is 4.13. The van der Waals surface area contributed by atoms with Crippen molar-refractivity contribution in [1.82, 2.24) is 0 Å². The van der Waals surface area contributed by atoms with Gasteiger partial charge in [0.1, 0.15) is 0 Å². The molecule has 0 aliphatic heterocycles. The van der Waals surface area contributed by atoms with Crippen LogP contribution in [0.1, 0.15) is 56.3 Å². The second-order valence-electron chi connectivity index (χ2n) is 6.38. The van der Waals surface area contributed by atoms with E-state index in [0.29, 0.717) is 17.0 Å². The number of anilines is 1. The Morgan fingerprint density at radius 1 is 1.32 bits per heavy atom. The highest BCUT2D eigenvalue weighted by atomic mass is 16.1. The van der Waals surface area contributed by atoms with E-state index < -0.39 is 0 Å². The number of carbonyl (C=O) groups excluding carboxylic acids is 1. The standard InChI is InChI=1S/C16H24N2O/c1-16(2)9-4-7-13(8-10-16)18-14-6-3-5-12(11-14)15(17)19/h3,5-6,11,13,18H,4,7-10H2,1-2H3,(H2,17,19). The smallest absolute Gasteiger partial charge is 0.248 e. The fourth-order valence-corrected chi connectivity index (χ4v) is 2.80. The van der Waals surface area contributed by atoms with E-state index in [1.807, 2.05) is 18.2 Å². The average molecular weight is 260 g/mol. The molecule has 1 amide bonds. The van der Waals surface area contributed by atoms with Crippen molar-refractivity contribution < 1.29 is 4.79 Å². The number of rotatable bonds is 3. The van der Waals surface area contributed by atoms with Gasteiger partial charge in [-0.2, -0.15) is 0 Å². The molecule has 1 fully saturated rings. The van der Waals surface area contributed by atoms with E-state index >= 15 is 0 Å². The predicted octanol–water partition coefficient (Wildman–Crippen LogP) is 3.56. The highest BCUT2D eigenvalue weighted by Crippen LogP contribution is 2.34. The van der Waals surface area contributed by atoms with Gasteiger partial charge in [-0.05, 0) is 49.3 Å². The van der Waals surface area contributed by atoms with E-state index in [-0.39, 0.29) is 5.91 Å². The molecule has 1 saturated carbocycles. The molecule has 1 unspecified atom stereocenters. The van der Waals surface area contributed by atoms with Gasteiger partial charge in [-0.1, -0.05) is 26.3 Å². The minimum atomic E-state index is -0.370. The molecule has 1 aromatic carbocycles. The first-order valence-corrected chi connectivity index (χ1v) is 7.13. The lowest BCUT2D eigenvalue weighted by molar-refractivity contribution is 0.100. The van der Waals surface area contributed by atoms with Crippen LogP contribution in [-0.2, 0) is 0 Å². The van der Waals surface area contributed by atoms with Gasteiger partial charge in [0, 0.05) is 17.3 Å². The fraction of sp³-hybridized carbons (Fsp3) is 0.562. The molecule has 0 aromatic heterocycles. The molecule has 0 saturated heterocycles. The third-order valence-corrected chi connectivity index (χ3v) is 4.09. The molecule has 0 radical (unpaired) electrons. The van der Waals surface area contributed by atoms with Gasteiger partial charge >= 0.3 is 0 Å². The largest absolute Gasteiger partial charge is 0.382 e. The van der Waals surface area contributed by atoms with Crippen molar-refractivity contribution >= 4 is 11.6 Å². The summed E-state index contributed by atoms with van der Waals surface area (Å²) >= 11 is 0. The van der Waals surface area contributed by atoms with Crippen LogP contribution < -0.4 is 11.1 Å². The lowest BCUT2D eigenvalue weighted by Crippen LogP contribution is -2.19. The number of carbonyl (C=O) groups is 1. The summed E-state index contributed by atoms with van der Waals surface area (Å²) < 4.78 is 0. The van der Waals surface area contributed by atoms with E-state index in [4.69, 9.17) is 5.73 Å². The topological polar surface area (TPSA) is 55.1 Å². The van der Waals surface area contributed by atoms with E-state index in [2.05, 4.69) is 19.2 Å². The van der Waals surface area contributed by atoms with Gasteiger partial charge in [-0.25, -0.2) is 0 Å². The van der Waals surface area contributed by atoms with E-state index in [0.717, 1.165) is 5.69 Å². The Balaban J connectivity index is 2.01. The first kappa shape index (κ1) is 13.9. The Morgan fingerprint density at radius 3 is 2.84 bits per heavy atom. The van der Waals surface area contributed by atoms with Crippen LogP contribution in [0.15, 0.2) is 24.3 Å². The lowest BCUT2D eigenvalue weighted by Gasteiger charge is -2.22. The van der Waals surface area contributed by atoms with E-state index in [1.165, 1.54) is 32.1 Å². The summed E-state index contributed by atoms with van der Waals surface area (Å²) in [4.78, 5) is 11.2. The molecule has 2 rings (SSSR count). The molecule has 0 heterocycles. The monoisotopic (exact) mass is 260 g/mol. The van der Waals surface area contributed by atoms with Crippen molar-refractivity contribution in [1.29, 1.82) is 0 Å². The highest BCUT2D eigenvalue weighted by Gasteiger charge is 2.24. The van der Waals surface area contributed by atoms with Crippen molar-refractivity contribution in [2.24, 2.45) is 11.1 Å². The van der Waals surface area contributed by atoms with Gasteiger partial charge in [0.2, 0.25) is 5.91 Å². The van der Waals surface area contributed by atoms with Gasteiger partial charge in [-0.15, -0.1) is 0 Å². The van der Waals surface area contributed by atoms with Gasteiger partial charge < -0.3 is 11.1 Å². The lowest BCUT2D eigenvalue weighted by atomic mass is 9.85. The van der Waals surface area contributed by atoms with Crippen LogP contribution in [0.2, 0.25) is 0 Å². The van der Waals surface area contributed by atoms with Gasteiger partial charge in [0.05, 0.1) is 0 Å². The zero-order valence-corrected chi connectivity index (χ0v) is 11.9. The third-order valence-electron chi connectivity index (χ3n) is 4.09. The van der Waals surface area contributed by atoms with Crippen molar-refractivity contribution in [2.75, 3.05) is 5.32 Å². The zero-order chi connectivity index (χ0) is 13.9. The first-order valence-electron chi connectivity index (χ1n) is 7.13. The molecule has 0 bridgehead atoms. The van der Waals surface area contributed by atoms with Crippen molar-refractivity contribution in [3.8, 4) is 0 Å². The fourth-order valence-electron chi connectivity index (χ4n) is 2.80. The van der Waals surface area contributed by atoms with Crippen LogP contribution >= 0.6 is 0 Å². The highest BCUT2D eigenvalue weighted by molar-refractivity contribution is 5.93. The minimum Gasteiger partial charge on any atom is -0.382 e. The number of benzene rings is 1. The maximum Gasteiger partial charge on any atom is 0.248 e. The number of hydrogen-bond donors (Lipinski definition) is 2. The SMILES string of the molecule is CC1(C)CCCC(Nc2cccc(C(N)=O)c2)CC1. The number of amides is 1. The third kappa shape index (κ3) is 3.98. The first-order chi connectivity index (χ1) is 8.96. The van der Waals surface area contributed by atoms with Crippen LogP contribution in [0.4, 0.5) is 5.69 Å². The number of primary amides is 1. The molecule has 0 spiro atoms. The summed E-state index contributed by atoms with van der Waals surface area (Å²) in [6.45, 7) is 4.70. The average Bonchev–Trinajstić information content (AvgIpc) is 2.51. The summed E-state index contributed by atoms with van der Waals surface area (Å²) in [5, 5.41) is 3.55.